The molecular weight excluding hydrogens is 576 g/mol. The number of hydrogen-bond donors (Lipinski definition) is 4. The fourth-order valence-corrected chi connectivity index (χ4v) is 5.42. The highest BCUT2D eigenvalue weighted by Gasteiger charge is 2.19. The Bertz CT molecular complexity index is 1750. The summed E-state index contributed by atoms with van der Waals surface area (Å²) in [6, 6.07) is 20.5. The Hall–Kier alpha value is -4.94. The summed E-state index contributed by atoms with van der Waals surface area (Å²) < 4.78 is 27.0. The molecule has 0 radical (unpaired) electrons. The lowest BCUT2D eigenvalue weighted by Gasteiger charge is -2.34. The molecule has 1 saturated heterocycles. The Labute approximate surface area is 258 Å². The van der Waals surface area contributed by atoms with Gasteiger partial charge < -0.3 is 25.8 Å². The summed E-state index contributed by atoms with van der Waals surface area (Å²) in [4.78, 5) is 27.3. The van der Waals surface area contributed by atoms with Crippen LogP contribution < -0.4 is 25.6 Å². The number of nitrogens with one attached hydrogen (secondary N) is 4. The molecule has 1 aromatic heterocycles. The first kappa shape index (κ1) is 30.5. The molecule has 0 spiro atoms. The number of hydrogen-bond acceptors (Lipinski definition) is 9. The first-order valence-corrected chi connectivity index (χ1v) is 15.7. The second-order valence-corrected chi connectivity index (χ2v) is 12.3. The molecule has 0 aliphatic carbocycles. The molecule has 0 atom stereocenters. The number of sulfonamides is 1. The van der Waals surface area contributed by atoms with Gasteiger partial charge in [0, 0.05) is 54.8 Å². The average molecular weight is 613 g/mol. The number of para-hydroxylation sites is 3. The van der Waals surface area contributed by atoms with E-state index in [0.29, 0.717) is 11.4 Å². The van der Waals surface area contributed by atoms with Crippen molar-refractivity contribution in [2.75, 3.05) is 58.8 Å². The minimum absolute atomic E-state index is 0.171. The predicted octanol–water partition coefficient (Wildman–Crippen LogP) is 5.47. The topological polar surface area (TPSA) is 132 Å². The molecule has 4 N–H and O–H groups in total. The van der Waals surface area contributed by atoms with Gasteiger partial charge in [-0.15, -0.1) is 0 Å². The van der Waals surface area contributed by atoms with E-state index in [4.69, 9.17) is 0 Å². The molecule has 1 fully saturated rings. The van der Waals surface area contributed by atoms with Gasteiger partial charge >= 0.3 is 0 Å². The smallest absolute Gasteiger partial charge is 0.261 e. The minimum Gasteiger partial charge on any atom is -0.369 e. The number of piperazine rings is 1. The Morgan fingerprint density at radius 1 is 0.886 bits per heavy atom. The van der Waals surface area contributed by atoms with Gasteiger partial charge in [0.1, 0.15) is 11.4 Å². The third kappa shape index (κ3) is 7.33. The SMILES string of the molecule is C=CS(=O)(=O)Nc1ccccc1Nc1nc(Nc2ccc(N3CCN(C)CC3)cc2)ncc1C(=O)Nc1c(C)cccc1C. The van der Waals surface area contributed by atoms with Crippen LogP contribution in [0.4, 0.5) is 40.2 Å². The lowest BCUT2D eigenvalue weighted by atomic mass is 10.1. The predicted molar refractivity (Wildman–Crippen MR) is 178 cm³/mol. The van der Waals surface area contributed by atoms with E-state index in [-0.39, 0.29) is 23.0 Å². The van der Waals surface area contributed by atoms with Gasteiger partial charge in [-0.05, 0) is 68.4 Å². The second-order valence-electron chi connectivity index (χ2n) is 10.6. The Morgan fingerprint density at radius 3 is 2.20 bits per heavy atom. The number of nitrogens with zero attached hydrogens (tertiary/aromatic N) is 4. The van der Waals surface area contributed by atoms with Crippen LogP contribution in [0.1, 0.15) is 21.5 Å². The van der Waals surface area contributed by atoms with Crippen LogP contribution in [0.3, 0.4) is 0 Å². The first-order valence-electron chi connectivity index (χ1n) is 14.2. The van der Waals surface area contributed by atoms with Crippen molar-refractivity contribution in [3.8, 4) is 0 Å². The Morgan fingerprint density at radius 2 is 1.55 bits per heavy atom. The normalized spacial score (nSPS) is 13.7. The highest BCUT2D eigenvalue weighted by atomic mass is 32.2. The van der Waals surface area contributed by atoms with Crippen molar-refractivity contribution in [3.05, 3.63) is 102 Å². The number of rotatable bonds is 10. The largest absolute Gasteiger partial charge is 0.369 e. The van der Waals surface area contributed by atoms with Crippen molar-refractivity contribution in [3.63, 3.8) is 0 Å². The van der Waals surface area contributed by atoms with Crippen molar-refractivity contribution >= 4 is 56.1 Å². The van der Waals surface area contributed by atoms with Crippen LogP contribution in [-0.4, -0.2) is 62.4 Å². The van der Waals surface area contributed by atoms with Crippen LogP contribution in [0.15, 0.2) is 84.9 Å². The summed E-state index contributed by atoms with van der Waals surface area (Å²) in [5, 5.41) is 10.2. The average Bonchev–Trinajstić information content (AvgIpc) is 3.01. The zero-order valence-corrected chi connectivity index (χ0v) is 25.8. The molecule has 0 unspecified atom stereocenters. The number of carbonyl (C=O) groups is 1. The van der Waals surface area contributed by atoms with Gasteiger partial charge in [0.25, 0.3) is 15.9 Å². The van der Waals surface area contributed by atoms with Crippen LogP contribution in [0.25, 0.3) is 0 Å². The van der Waals surface area contributed by atoms with Crippen molar-refractivity contribution < 1.29 is 13.2 Å². The van der Waals surface area contributed by atoms with Crippen LogP contribution in [0, 0.1) is 13.8 Å². The molecule has 1 aliphatic heterocycles. The molecule has 11 nitrogen and oxygen atoms in total. The van der Waals surface area contributed by atoms with E-state index in [2.05, 4.69) is 66.2 Å². The van der Waals surface area contributed by atoms with E-state index in [0.717, 1.165) is 54.1 Å². The second kappa shape index (κ2) is 13.1. The summed E-state index contributed by atoms with van der Waals surface area (Å²) in [5.74, 6) is 0.0234. The molecule has 0 bridgehead atoms. The van der Waals surface area contributed by atoms with Crippen LogP contribution in [0.5, 0.6) is 0 Å². The quantitative estimate of drug-likeness (QED) is 0.184. The van der Waals surface area contributed by atoms with Crippen molar-refractivity contribution in [2.24, 2.45) is 0 Å². The van der Waals surface area contributed by atoms with Gasteiger partial charge in [-0.25, -0.2) is 13.4 Å². The summed E-state index contributed by atoms with van der Waals surface area (Å²) >= 11 is 0. The molecule has 0 saturated carbocycles. The van der Waals surface area contributed by atoms with Gasteiger partial charge in [0.05, 0.1) is 11.4 Å². The molecule has 12 heteroatoms. The highest BCUT2D eigenvalue weighted by molar-refractivity contribution is 7.95. The zero-order chi connectivity index (χ0) is 31.3. The number of aromatic nitrogens is 2. The molecule has 2 heterocycles. The number of benzene rings is 3. The van der Waals surface area contributed by atoms with Crippen LogP contribution >= 0.6 is 0 Å². The van der Waals surface area contributed by atoms with Crippen LogP contribution in [-0.2, 0) is 10.0 Å². The fourth-order valence-electron chi connectivity index (χ4n) is 4.85. The molecular formula is C32H36N8O3S. The number of aryl methyl sites for hydroxylation is 2. The lowest BCUT2D eigenvalue weighted by Crippen LogP contribution is -2.44. The van der Waals surface area contributed by atoms with E-state index in [9.17, 15) is 13.2 Å². The Kier molecular flexibility index (Phi) is 9.12. The van der Waals surface area contributed by atoms with Crippen molar-refractivity contribution in [1.82, 2.24) is 14.9 Å². The Balaban J connectivity index is 1.45. The van der Waals surface area contributed by atoms with E-state index in [1.807, 2.05) is 44.2 Å². The summed E-state index contributed by atoms with van der Waals surface area (Å²) in [6.45, 7) is 11.2. The molecule has 3 aromatic carbocycles. The molecule has 4 aromatic rings. The van der Waals surface area contributed by atoms with Gasteiger partial charge in [-0.2, -0.15) is 4.98 Å². The number of anilines is 7. The number of likely N-dealkylation sites (N-methyl/N-ethyl adjacent to an activating group) is 1. The van der Waals surface area contributed by atoms with Crippen LogP contribution in [0.2, 0.25) is 0 Å². The number of amides is 1. The van der Waals surface area contributed by atoms with E-state index >= 15 is 0 Å². The standard InChI is InChI=1S/C32H36N8O3S/c1-5-44(42,43)38-28-12-7-6-11-27(28)35-30-26(31(41)36-29-22(2)9-8-10-23(29)3)21-33-32(37-30)34-24-13-15-25(16-14-24)40-19-17-39(4)18-20-40/h5-16,21,38H,1,17-20H2,2-4H3,(H,36,41)(H2,33,34,35,37). The van der Waals surface area contributed by atoms with Crippen molar-refractivity contribution in [2.45, 2.75) is 13.8 Å². The van der Waals surface area contributed by atoms with Gasteiger partial charge in [-0.1, -0.05) is 36.9 Å². The maximum atomic E-state index is 13.6. The lowest BCUT2D eigenvalue weighted by molar-refractivity contribution is 0.102. The highest BCUT2D eigenvalue weighted by Crippen LogP contribution is 2.29. The number of carbonyl (C=O) groups excluding carboxylic acids is 1. The molecule has 1 amide bonds. The van der Waals surface area contributed by atoms with Crippen molar-refractivity contribution in [1.29, 1.82) is 0 Å². The van der Waals surface area contributed by atoms with Gasteiger partial charge in [-0.3, -0.25) is 9.52 Å². The molecule has 1 aliphatic rings. The maximum absolute atomic E-state index is 13.6. The van der Waals surface area contributed by atoms with Gasteiger partial charge in [0.15, 0.2) is 0 Å². The molecule has 5 rings (SSSR count). The maximum Gasteiger partial charge on any atom is 0.261 e. The summed E-state index contributed by atoms with van der Waals surface area (Å²) in [7, 11) is -1.65. The van der Waals surface area contributed by atoms with E-state index in [1.54, 1.807) is 24.3 Å². The molecule has 44 heavy (non-hydrogen) atoms. The third-order valence-electron chi connectivity index (χ3n) is 7.40. The zero-order valence-electron chi connectivity index (χ0n) is 25.0. The van der Waals surface area contributed by atoms with E-state index < -0.39 is 15.9 Å². The fraction of sp³-hybridized carbons (Fsp3) is 0.219. The molecule has 228 valence electrons. The monoisotopic (exact) mass is 612 g/mol. The van der Waals surface area contributed by atoms with Gasteiger partial charge in [0.2, 0.25) is 5.95 Å². The minimum atomic E-state index is -3.78. The van der Waals surface area contributed by atoms with E-state index in [1.165, 1.54) is 6.20 Å². The summed E-state index contributed by atoms with van der Waals surface area (Å²) in [5.41, 5.74) is 5.27. The summed E-state index contributed by atoms with van der Waals surface area (Å²) in [6.07, 6.45) is 1.44. The first-order chi connectivity index (χ1) is 21.1. The third-order valence-corrected chi connectivity index (χ3v) is 8.34.